The number of benzene rings is 9. The molecule has 70 heavy (non-hydrogen) atoms. The summed E-state index contributed by atoms with van der Waals surface area (Å²) in [6, 6.07) is 69.3. The van der Waals surface area contributed by atoms with Crippen molar-refractivity contribution in [3.8, 4) is 67.5 Å². The van der Waals surface area contributed by atoms with Crippen LogP contribution in [0.5, 0.6) is 23.0 Å². The van der Waals surface area contributed by atoms with Gasteiger partial charge in [0, 0.05) is 34.6 Å². The first-order chi connectivity index (χ1) is 34.1. The molecule has 9 aromatic carbocycles. The maximum Gasteiger partial charge on any atom is 0.282 e. The van der Waals surface area contributed by atoms with Gasteiger partial charge in [-0.15, -0.1) is 0 Å². The third-order valence-electron chi connectivity index (χ3n) is 13.3. The van der Waals surface area contributed by atoms with Gasteiger partial charge in [-0.25, -0.2) is 0 Å². The molecule has 4 aliphatic heterocycles. The molecule has 4 atom stereocenters. The van der Waals surface area contributed by atoms with Crippen LogP contribution in [0.1, 0.15) is 11.1 Å². The zero-order chi connectivity index (χ0) is 47.5. The van der Waals surface area contributed by atoms with Crippen molar-refractivity contribution >= 4 is 50.7 Å². The summed E-state index contributed by atoms with van der Waals surface area (Å²) >= 11 is 0. The highest BCUT2D eigenvalue weighted by molar-refractivity contribution is 7.71. The van der Waals surface area contributed by atoms with Crippen molar-refractivity contribution in [2.45, 2.75) is 12.3 Å². The first-order valence-electron chi connectivity index (χ1n) is 23.1. The molecule has 4 heterocycles. The van der Waals surface area contributed by atoms with Gasteiger partial charge in [0.25, 0.3) is 29.5 Å². The topological polar surface area (TPSA) is 105 Å². The van der Waals surface area contributed by atoms with Crippen LogP contribution < -0.4 is 39.3 Å². The largest absolute Gasteiger partial charge is 0.439 e. The smallest absolute Gasteiger partial charge is 0.282 e. The molecule has 0 fully saturated rings. The van der Waals surface area contributed by atoms with Gasteiger partial charge in [0.1, 0.15) is 23.0 Å². The average molecular weight is 993 g/mol. The summed E-state index contributed by atoms with van der Waals surface area (Å²) in [6.45, 7) is 0. The Labute approximate surface area is 406 Å². The summed E-state index contributed by atoms with van der Waals surface area (Å²) in [5, 5.41) is 2.85. The lowest BCUT2D eigenvalue weighted by Crippen LogP contribution is -2.25. The molecule has 8 nitrogen and oxygen atoms in total. The molecule has 0 radical (unpaired) electrons. The van der Waals surface area contributed by atoms with E-state index in [9.17, 15) is 18.3 Å². The second kappa shape index (κ2) is 17.5. The third-order valence-corrected chi connectivity index (χ3v) is 23.3. The fraction of sp³-hybridized carbons (Fsp3) is 0.0690. The highest BCUT2D eigenvalue weighted by Crippen LogP contribution is 2.61. The van der Waals surface area contributed by atoms with E-state index in [4.69, 9.17) is 18.1 Å². The highest BCUT2D eigenvalue weighted by atomic mass is 31.2. The minimum atomic E-state index is -3.29. The van der Waals surface area contributed by atoms with Gasteiger partial charge in [0.2, 0.25) is 0 Å². The predicted octanol–water partition coefficient (Wildman–Crippen LogP) is 14.3. The second-order valence-electron chi connectivity index (χ2n) is 17.7. The molecule has 0 aliphatic carbocycles. The third kappa shape index (κ3) is 7.81. The van der Waals surface area contributed by atoms with Crippen LogP contribution in [0.4, 0.5) is 0 Å². The van der Waals surface area contributed by atoms with E-state index in [-0.39, 0.29) is 24.6 Å². The van der Waals surface area contributed by atoms with Gasteiger partial charge >= 0.3 is 0 Å². The minimum Gasteiger partial charge on any atom is -0.439 e. The summed E-state index contributed by atoms with van der Waals surface area (Å²) in [5.41, 5.74) is 9.32. The molecule has 0 aromatic heterocycles. The van der Waals surface area contributed by atoms with Crippen LogP contribution in [0.2, 0.25) is 0 Å². The highest BCUT2D eigenvalue weighted by Gasteiger charge is 2.42. The monoisotopic (exact) mass is 992 g/mol. The molecular weight excluding hydrogens is 949 g/mol. The molecule has 12 heteroatoms. The molecule has 9 aromatic rings. The van der Waals surface area contributed by atoms with Gasteiger partial charge in [-0.2, -0.15) is 0 Å². The normalized spacial score (nSPS) is 21.4. The number of para-hydroxylation sites is 4. The molecule has 4 unspecified atom stereocenters. The zero-order valence-electron chi connectivity index (χ0n) is 37.7. The molecule has 4 aliphatic rings. The average Bonchev–Trinajstić information content (AvgIpc) is 3.39. The molecule has 344 valence electrons. The summed E-state index contributed by atoms with van der Waals surface area (Å²) in [6.07, 6.45) is 0.824. The Kier molecular flexibility index (Phi) is 11.1. The lowest BCUT2D eigenvalue weighted by molar-refractivity contribution is 0.482. The molecule has 0 bridgehead atoms. The molecule has 0 amide bonds. The fourth-order valence-corrected chi connectivity index (χ4v) is 20.4. The first-order valence-corrected chi connectivity index (χ1v) is 30.3. The van der Waals surface area contributed by atoms with E-state index >= 15 is 0 Å². The van der Waals surface area contributed by atoms with E-state index in [0.717, 1.165) is 66.2 Å². The molecule has 0 saturated heterocycles. The van der Waals surface area contributed by atoms with E-state index in [2.05, 4.69) is 0 Å². The zero-order valence-corrected chi connectivity index (χ0v) is 41.2. The van der Waals surface area contributed by atoms with Crippen LogP contribution in [0.25, 0.3) is 44.5 Å². The van der Waals surface area contributed by atoms with E-state index in [1.54, 1.807) is 0 Å². The van der Waals surface area contributed by atoms with Crippen molar-refractivity contribution in [2.75, 3.05) is 12.3 Å². The van der Waals surface area contributed by atoms with E-state index in [0.29, 0.717) is 33.6 Å². The predicted molar refractivity (Wildman–Crippen MR) is 283 cm³/mol. The van der Waals surface area contributed by atoms with Gasteiger partial charge < -0.3 is 18.1 Å². The van der Waals surface area contributed by atoms with Gasteiger partial charge in [0.05, 0.1) is 33.5 Å². The van der Waals surface area contributed by atoms with Crippen LogP contribution in [0, 0.1) is 0 Å². The van der Waals surface area contributed by atoms with Crippen molar-refractivity contribution in [3.63, 3.8) is 0 Å². The van der Waals surface area contributed by atoms with Crippen LogP contribution >= 0.6 is 29.5 Å². The van der Waals surface area contributed by atoms with Gasteiger partial charge in [0.15, 0.2) is 0 Å². The Hall–Kier alpha value is -6.90. The van der Waals surface area contributed by atoms with E-state index < -0.39 is 29.5 Å². The standard InChI is InChI=1S/C32H24O4P2.C26H20O4P2/c33-37(31-15-7-3-11-27(31)25-9-1-5-13-29(25)35-37)21-23-17-19-24(20-18-23)22-38(34)32-16-8-4-12-28(32)26-10-2-6-14-30(26)36-38;27-31(25-15-7-3-11-21(25)19-9-1-5-13-23(19)29-31)17-18-32(28)26-16-8-4-12-22(26)20-10-2-6-14-24(20)30-32/h1-20H,21-22H2;1-16H,17-18H2. The second-order valence-corrected chi connectivity index (χ2v) is 27.3. The Balaban J connectivity index is 0.000000146. The SMILES string of the molecule is O=P1(CCP2(=O)Oc3ccccc3-c3ccccc32)Oc2ccccc2-c2ccccc21.O=P1(Cc2ccc(CP3(=O)Oc4ccccc4-c4ccccc43)cc2)Oc2ccccc2-c2ccccc21. The summed E-state index contributed by atoms with van der Waals surface area (Å²) in [4.78, 5) is 0. The summed E-state index contributed by atoms with van der Waals surface area (Å²) in [5.74, 6) is 2.50. The lowest BCUT2D eigenvalue weighted by Gasteiger charge is -2.32. The first kappa shape index (κ1) is 44.3. The maximum absolute atomic E-state index is 14.2. The maximum atomic E-state index is 14.2. The van der Waals surface area contributed by atoms with Gasteiger partial charge in [-0.1, -0.05) is 170 Å². The van der Waals surface area contributed by atoms with Gasteiger partial charge in [-0.05, 0) is 81.9 Å². The van der Waals surface area contributed by atoms with Crippen LogP contribution in [0.15, 0.2) is 218 Å². The summed E-state index contributed by atoms with van der Waals surface area (Å²) < 4.78 is 81.3. The Morgan fingerprint density at radius 1 is 0.243 bits per heavy atom. The fourth-order valence-electron chi connectivity index (χ4n) is 9.96. The number of hydrogen-bond acceptors (Lipinski definition) is 8. The lowest BCUT2D eigenvalue weighted by atomic mass is 10.0. The molecular formula is C58H44O8P4. The molecule has 0 spiro atoms. The quantitative estimate of drug-likeness (QED) is 0.145. The number of rotatable bonds is 7. The number of hydrogen-bond donors (Lipinski definition) is 0. The van der Waals surface area contributed by atoms with Crippen LogP contribution in [-0.4, -0.2) is 12.3 Å². The van der Waals surface area contributed by atoms with Crippen LogP contribution in [-0.2, 0) is 30.6 Å². The van der Waals surface area contributed by atoms with Crippen molar-refractivity contribution in [1.29, 1.82) is 0 Å². The van der Waals surface area contributed by atoms with E-state index in [1.165, 1.54) is 0 Å². The van der Waals surface area contributed by atoms with Crippen molar-refractivity contribution in [3.05, 3.63) is 230 Å². The molecule has 0 N–H and O–H groups in total. The van der Waals surface area contributed by atoms with Crippen molar-refractivity contribution < 1.29 is 36.4 Å². The Morgan fingerprint density at radius 3 is 0.743 bits per heavy atom. The van der Waals surface area contributed by atoms with E-state index in [1.807, 2.05) is 218 Å². The Bertz CT molecular complexity index is 3490. The van der Waals surface area contributed by atoms with Crippen molar-refractivity contribution in [1.82, 2.24) is 0 Å². The minimum absolute atomic E-state index is 0.131. The summed E-state index contributed by atoms with van der Waals surface area (Å²) in [7, 11) is -12.9. The van der Waals surface area contributed by atoms with Crippen molar-refractivity contribution in [2.24, 2.45) is 0 Å². The van der Waals surface area contributed by atoms with Gasteiger partial charge in [-0.3, -0.25) is 18.3 Å². The Morgan fingerprint density at radius 2 is 0.457 bits per heavy atom. The number of fused-ring (bicyclic) bond motifs is 12. The molecule has 13 rings (SSSR count). The van der Waals surface area contributed by atoms with Crippen LogP contribution in [0.3, 0.4) is 0 Å². The molecule has 0 saturated carbocycles.